The van der Waals surface area contributed by atoms with E-state index in [4.69, 9.17) is 10.5 Å². The van der Waals surface area contributed by atoms with Crippen molar-refractivity contribution in [2.45, 2.75) is 109 Å². The molecule has 6 nitrogen and oxygen atoms in total. The summed E-state index contributed by atoms with van der Waals surface area (Å²) in [5.41, 5.74) is 5.87. The highest BCUT2D eigenvalue weighted by atomic mass is 16.5. The van der Waals surface area contributed by atoms with Gasteiger partial charge in [0, 0.05) is 19.0 Å². The lowest BCUT2D eigenvalue weighted by Crippen LogP contribution is -2.36. The molecule has 1 fully saturated rings. The van der Waals surface area contributed by atoms with E-state index >= 15 is 0 Å². The highest BCUT2D eigenvalue weighted by molar-refractivity contribution is 5.74. The Kier molecular flexibility index (Phi) is 14.0. The van der Waals surface area contributed by atoms with Crippen molar-refractivity contribution < 1.29 is 19.4 Å². The molecule has 0 spiro atoms. The maximum absolute atomic E-state index is 11.8. The van der Waals surface area contributed by atoms with E-state index in [9.17, 15) is 14.7 Å². The lowest BCUT2D eigenvalue weighted by molar-refractivity contribution is -0.144. The first-order valence-corrected chi connectivity index (χ1v) is 11.4. The number of carbonyl (C=O) groups is 2. The third-order valence-electron chi connectivity index (χ3n) is 5.56. The minimum Gasteiger partial charge on any atom is -0.480 e. The number of ether oxygens (including phenoxy) is 1. The molecule has 0 unspecified atom stereocenters. The Morgan fingerprint density at radius 3 is 2.21 bits per heavy atom. The third-order valence-corrected chi connectivity index (χ3v) is 5.56. The van der Waals surface area contributed by atoms with Gasteiger partial charge in [-0.2, -0.15) is 0 Å². The van der Waals surface area contributed by atoms with Crippen LogP contribution in [0.15, 0.2) is 0 Å². The number of aliphatic carboxylic acids is 1. The van der Waals surface area contributed by atoms with Gasteiger partial charge in [0.1, 0.15) is 6.04 Å². The van der Waals surface area contributed by atoms with Gasteiger partial charge in [-0.3, -0.25) is 14.5 Å². The number of likely N-dealkylation sites (tertiary alicyclic amines) is 1. The molecule has 0 bridgehead atoms. The summed E-state index contributed by atoms with van der Waals surface area (Å²) in [6.07, 6.45) is 14.9. The molecule has 1 heterocycles. The second-order valence-electron chi connectivity index (χ2n) is 8.20. The summed E-state index contributed by atoms with van der Waals surface area (Å²) in [7, 11) is 0. The zero-order chi connectivity index (χ0) is 20.6. The van der Waals surface area contributed by atoms with Crippen molar-refractivity contribution in [3.05, 3.63) is 0 Å². The van der Waals surface area contributed by atoms with Crippen molar-refractivity contribution in [3.63, 3.8) is 0 Å². The second-order valence-corrected chi connectivity index (χ2v) is 8.20. The van der Waals surface area contributed by atoms with Crippen LogP contribution in [0.1, 0.15) is 96.8 Å². The first-order chi connectivity index (χ1) is 13.5. The number of hydrogen-bond acceptors (Lipinski definition) is 5. The summed E-state index contributed by atoms with van der Waals surface area (Å²) in [5.74, 6) is -0.890. The standard InChI is InChI=1S/C22H42N2O4/c1-2-3-4-5-6-7-8-9-13-16-28-21(25)14-11-10-12-15-24-18-19(23)17-20(24)22(26)27/h19-20H,2-18,23H2,1H3,(H,26,27)/t19-,20+/m1/s1. The summed E-state index contributed by atoms with van der Waals surface area (Å²) >= 11 is 0. The number of rotatable bonds is 17. The predicted octanol–water partition coefficient (Wildman–Crippen LogP) is 4.11. The van der Waals surface area contributed by atoms with Crippen molar-refractivity contribution >= 4 is 11.9 Å². The van der Waals surface area contributed by atoms with Gasteiger partial charge in [0.25, 0.3) is 0 Å². The van der Waals surface area contributed by atoms with Crippen molar-refractivity contribution in [2.75, 3.05) is 19.7 Å². The molecule has 0 aromatic rings. The highest BCUT2D eigenvalue weighted by Crippen LogP contribution is 2.18. The average Bonchev–Trinajstić information content (AvgIpc) is 3.04. The number of esters is 1. The van der Waals surface area contributed by atoms with Crippen LogP contribution >= 0.6 is 0 Å². The van der Waals surface area contributed by atoms with Crippen LogP contribution in [0.25, 0.3) is 0 Å². The van der Waals surface area contributed by atoms with Gasteiger partial charge >= 0.3 is 11.9 Å². The second kappa shape index (κ2) is 15.7. The number of nitrogens with two attached hydrogens (primary N) is 1. The first kappa shape index (κ1) is 24.9. The molecule has 28 heavy (non-hydrogen) atoms. The molecule has 1 saturated heterocycles. The Morgan fingerprint density at radius 2 is 1.57 bits per heavy atom. The van der Waals surface area contributed by atoms with E-state index < -0.39 is 12.0 Å². The van der Waals surface area contributed by atoms with E-state index in [0.717, 1.165) is 38.6 Å². The van der Waals surface area contributed by atoms with Crippen LogP contribution in [-0.4, -0.2) is 53.7 Å². The van der Waals surface area contributed by atoms with E-state index in [-0.39, 0.29) is 12.0 Å². The van der Waals surface area contributed by atoms with Crippen molar-refractivity contribution in [3.8, 4) is 0 Å². The van der Waals surface area contributed by atoms with Crippen LogP contribution in [-0.2, 0) is 14.3 Å². The minimum absolute atomic E-state index is 0.0443. The molecular formula is C22H42N2O4. The van der Waals surface area contributed by atoms with Crippen LogP contribution in [0.5, 0.6) is 0 Å². The van der Waals surface area contributed by atoms with E-state index in [1.165, 1.54) is 44.9 Å². The number of carboxylic acids is 1. The summed E-state index contributed by atoms with van der Waals surface area (Å²) in [6.45, 7) is 4.17. The monoisotopic (exact) mass is 398 g/mol. The lowest BCUT2D eigenvalue weighted by Gasteiger charge is -2.20. The number of unbranched alkanes of at least 4 members (excludes halogenated alkanes) is 10. The summed E-state index contributed by atoms with van der Waals surface area (Å²) < 4.78 is 5.30. The number of nitrogens with zero attached hydrogens (tertiary/aromatic N) is 1. The highest BCUT2D eigenvalue weighted by Gasteiger charge is 2.34. The number of carboxylic acid groups (broad SMARTS) is 1. The molecular weight excluding hydrogens is 356 g/mol. The van der Waals surface area contributed by atoms with Crippen LogP contribution in [0.3, 0.4) is 0 Å². The van der Waals surface area contributed by atoms with Gasteiger partial charge in [0.15, 0.2) is 0 Å². The zero-order valence-electron chi connectivity index (χ0n) is 17.9. The first-order valence-electron chi connectivity index (χ1n) is 11.4. The lowest BCUT2D eigenvalue weighted by atomic mass is 10.1. The van der Waals surface area contributed by atoms with Gasteiger partial charge in [-0.1, -0.05) is 64.7 Å². The largest absolute Gasteiger partial charge is 0.480 e. The fraction of sp³-hybridized carbons (Fsp3) is 0.909. The van der Waals surface area contributed by atoms with E-state index in [0.29, 0.717) is 26.0 Å². The van der Waals surface area contributed by atoms with Gasteiger partial charge in [-0.25, -0.2) is 0 Å². The topological polar surface area (TPSA) is 92.9 Å². The van der Waals surface area contributed by atoms with Crippen LogP contribution < -0.4 is 5.73 Å². The van der Waals surface area contributed by atoms with Crippen molar-refractivity contribution in [1.29, 1.82) is 0 Å². The Hall–Kier alpha value is -1.14. The quantitative estimate of drug-likeness (QED) is 0.283. The molecule has 6 heteroatoms. The molecule has 0 radical (unpaired) electrons. The summed E-state index contributed by atoms with van der Waals surface area (Å²) in [5, 5.41) is 9.21. The molecule has 164 valence electrons. The van der Waals surface area contributed by atoms with Crippen LogP contribution in [0, 0.1) is 0 Å². The molecule has 3 N–H and O–H groups in total. The van der Waals surface area contributed by atoms with Gasteiger partial charge < -0.3 is 15.6 Å². The predicted molar refractivity (Wildman–Crippen MR) is 112 cm³/mol. The maximum atomic E-state index is 11.8. The van der Waals surface area contributed by atoms with E-state index in [2.05, 4.69) is 6.92 Å². The zero-order valence-corrected chi connectivity index (χ0v) is 17.9. The van der Waals surface area contributed by atoms with Crippen LogP contribution in [0.2, 0.25) is 0 Å². The Morgan fingerprint density at radius 1 is 0.964 bits per heavy atom. The molecule has 1 aliphatic heterocycles. The molecule has 1 aliphatic rings. The Labute approximate surface area is 171 Å². The molecule has 1 rings (SSSR count). The number of carbonyl (C=O) groups excluding carboxylic acids is 1. The number of hydrogen-bond donors (Lipinski definition) is 2. The maximum Gasteiger partial charge on any atom is 0.320 e. The molecule has 0 aliphatic carbocycles. The van der Waals surface area contributed by atoms with Gasteiger partial charge in [0.05, 0.1) is 6.61 Å². The van der Waals surface area contributed by atoms with Crippen molar-refractivity contribution in [2.24, 2.45) is 5.73 Å². The molecule has 2 atom stereocenters. The van der Waals surface area contributed by atoms with Gasteiger partial charge in [0.2, 0.25) is 0 Å². The summed E-state index contributed by atoms with van der Waals surface area (Å²) in [4.78, 5) is 24.9. The Bertz CT molecular complexity index is 431. The fourth-order valence-corrected chi connectivity index (χ4v) is 3.87. The van der Waals surface area contributed by atoms with Crippen molar-refractivity contribution in [1.82, 2.24) is 4.90 Å². The SMILES string of the molecule is CCCCCCCCCCCOC(=O)CCCCCN1C[C@H](N)C[C@H]1C(=O)O. The molecule has 0 amide bonds. The van der Waals surface area contributed by atoms with E-state index in [1.807, 2.05) is 4.90 Å². The molecule has 0 aromatic heterocycles. The molecule has 0 aromatic carbocycles. The fourth-order valence-electron chi connectivity index (χ4n) is 3.87. The van der Waals surface area contributed by atoms with Crippen LogP contribution in [0.4, 0.5) is 0 Å². The normalized spacial score (nSPS) is 19.8. The molecule has 0 saturated carbocycles. The average molecular weight is 399 g/mol. The van der Waals surface area contributed by atoms with Gasteiger partial charge in [-0.15, -0.1) is 0 Å². The minimum atomic E-state index is -0.784. The smallest absolute Gasteiger partial charge is 0.320 e. The van der Waals surface area contributed by atoms with Gasteiger partial charge in [-0.05, 0) is 32.2 Å². The summed E-state index contributed by atoms with van der Waals surface area (Å²) in [6, 6.07) is -0.492. The Balaban J connectivity index is 1.90. The third kappa shape index (κ3) is 11.6. The van der Waals surface area contributed by atoms with E-state index in [1.54, 1.807) is 0 Å².